The van der Waals surface area contributed by atoms with Crippen molar-refractivity contribution in [3.05, 3.63) is 19.2 Å². The normalized spacial score (nSPS) is 20.6. The summed E-state index contributed by atoms with van der Waals surface area (Å²) in [6.45, 7) is 1.38. The minimum Gasteiger partial charge on any atom is -0.394 e. The summed E-state index contributed by atoms with van der Waals surface area (Å²) in [5, 5.41) is 9.23. The first-order valence-electron chi connectivity index (χ1n) is 5.08. The van der Waals surface area contributed by atoms with Gasteiger partial charge in [0.1, 0.15) is 0 Å². The molecular formula is C10H11Br2NO3S. The van der Waals surface area contributed by atoms with Gasteiger partial charge in [0, 0.05) is 11.0 Å². The molecule has 1 saturated heterocycles. The van der Waals surface area contributed by atoms with Crippen LogP contribution in [0, 0.1) is 0 Å². The number of carbonyl (C=O) groups is 1. The topological polar surface area (TPSA) is 49.8 Å². The number of ether oxygens (including phenoxy) is 1. The molecule has 1 fully saturated rings. The molecule has 1 aliphatic rings. The Bertz CT molecular complexity index is 404. The van der Waals surface area contributed by atoms with Crippen molar-refractivity contribution in [2.75, 3.05) is 26.4 Å². The fourth-order valence-electron chi connectivity index (χ4n) is 1.67. The van der Waals surface area contributed by atoms with E-state index in [0.717, 1.165) is 8.26 Å². The van der Waals surface area contributed by atoms with E-state index in [1.807, 2.05) is 0 Å². The van der Waals surface area contributed by atoms with Crippen molar-refractivity contribution < 1.29 is 14.6 Å². The highest BCUT2D eigenvalue weighted by Crippen LogP contribution is 2.33. The zero-order chi connectivity index (χ0) is 12.4. The van der Waals surface area contributed by atoms with Crippen LogP contribution in [0.3, 0.4) is 0 Å². The molecule has 1 aliphatic heterocycles. The van der Waals surface area contributed by atoms with Gasteiger partial charge >= 0.3 is 0 Å². The van der Waals surface area contributed by atoms with Crippen molar-refractivity contribution in [1.29, 1.82) is 0 Å². The maximum atomic E-state index is 12.3. The minimum absolute atomic E-state index is 0.0521. The van der Waals surface area contributed by atoms with Crippen LogP contribution < -0.4 is 0 Å². The number of amides is 1. The Morgan fingerprint density at radius 1 is 1.65 bits per heavy atom. The third-order valence-corrected chi connectivity index (χ3v) is 5.80. The van der Waals surface area contributed by atoms with E-state index >= 15 is 0 Å². The second kappa shape index (κ2) is 5.79. The van der Waals surface area contributed by atoms with Crippen LogP contribution in [-0.2, 0) is 4.74 Å². The Labute approximate surface area is 120 Å². The molecule has 1 N–H and O–H groups in total. The highest BCUT2D eigenvalue weighted by molar-refractivity contribution is 9.13. The van der Waals surface area contributed by atoms with E-state index in [9.17, 15) is 9.90 Å². The standard InChI is InChI=1S/C10H11Br2NO3S/c11-7-3-8(17-9(7)12)10(15)13-1-2-16-5-6(13)4-14/h3,6,14H,1-2,4-5H2. The van der Waals surface area contributed by atoms with Crippen LogP contribution in [0.2, 0.25) is 0 Å². The van der Waals surface area contributed by atoms with Crippen LogP contribution in [0.15, 0.2) is 14.3 Å². The van der Waals surface area contributed by atoms with Gasteiger partial charge in [-0.15, -0.1) is 11.3 Å². The number of hydrogen-bond donors (Lipinski definition) is 1. The molecule has 1 aromatic heterocycles. The third kappa shape index (κ3) is 2.90. The van der Waals surface area contributed by atoms with Crippen LogP contribution in [0.1, 0.15) is 9.67 Å². The summed E-state index contributed by atoms with van der Waals surface area (Å²) in [4.78, 5) is 14.6. The minimum atomic E-state index is -0.240. The average molecular weight is 385 g/mol. The lowest BCUT2D eigenvalue weighted by molar-refractivity contribution is -0.0181. The monoisotopic (exact) mass is 383 g/mol. The molecule has 0 aliphatic carbocycles. The zero-order valence-corrected chi connectivity index (χ0v) is 12.8. The molecule has 1 aromatic rings. The molecule has 0 saturated carbocycles. The van der Waals surface area contributed by atoms with E-state index in [1.165, 1.54) is 11.3 Å². The van der Waals surface area contributed by atoms with Crippen molar-refractivity contribution >= 4 is 49.1 Å². The van der Waals surface area contributed by atoms with Gasteiger partial charge in [-0.3, -0.25) is 4.79 Å². The Balaban J connectivity index is 2.18. The van der Waals surface area contributed by atoms with E-state index < -0.39 is 0 Å². The molecule has 0 spiro atoms. The van der Waals surface area contributed by atoms with Crippen LogP contribution in [0.4, 0.5) is 0 Å². The summed E-state index contributed by atoms with van der Waals surface area (Å²) in [6, 6.07) is 1.55. The predicted octanol–water partition coefficient (Wildman–Crippen LogP) is 2.11. The van der Waals surface area contributed by atoms with Crippen molar-refractivity contribution in [3.63, 3.8) is 0 Å². The van der Waals surface area contributed by atoms with Gasteiger partial charge in [0.2, 0.25) is 0 Å². The van der Waals surface area contributed by atoms with E-state index in [2.05, 4.69) is 31.9 Å². The summed E-state index contributed by atoms with van der Waals surface area (Å²) >= 11 is 8.11. The van der Waals surface area contributed by atoms with E-state index in [0.29, 0.717) is 24.6 Å². The molecule has 0 aromatic carbocycles. The molecule has 4 nitrogen and oxygen atoms in total. The summed E-state index contributed by atoms with van der Waals surface area (Å²) in [5.41, 5.74) is 0. The zero-order valence-electron chi connectivity index (χ0n) is 8.86. The van der Waals surface area contributed by atoms with Crippen LogP contribution in [0.5, 0.6) is 0 Å². The summed E-state index contributed by atoms with van der Waals surface area (Å²) < 4.78 is 7.02. The highest BCUT2D eigenvalue weighted by Gasteiger charge is 2.28. The molecule has 2 heterocycles. The number of aliphatic hydroxyl groups is 1. The van der Waals surface area contributed by atoms with Gasteiger partial charge < -0.3 is 14.7 Å². The first-order valence-corrected chi connectivity index (χ1v) is 7.48. The molecule has 2 rings (SSSR count). The third-order valence-electron chi connectivity index (χ3n) is 2.56. The number of rotatable bonds is 2. The van der Waals surface area contributed by atoms with Gasteiger partial charge in [0.15, 0.2) is 0 Å². The summed E-state index contributed by atoms with van der Waals surface area (Å²) in [6.07, 6.45) is 0. The van der Waals surface area contributed by atoms with Gasteiger partial charge in [-0.2, -0.15) is 0 Å². The molecule has 94 valence electrons. The first-order chi connectivity index (χ1) is 8.13. The average Bonchev–Trinajstić information content (AvgIpc) is 2.68. The number of morpholine rings is 1. The number of halogens is 2. The summed E-state index contributed by atoms with van der Waals surface area (Å²) in [7, 11) is 0. The Hall–Kier alpha value is 0.0500. The second-order valence-electron chi connectivity index (χ2n) is 3.64. The molecule has 0 bridgehead atoms. The Morgan fingerprint density at radius 3 is 3.00 bits per heavy atom. The molecule has 1 atom stereocenters. The van der Waals surface area contributed by atoms with Crippen LogP contribution in [0.25, 0.3) is 0 Å². The van der Waals surface area contributed by atoms with Crippen molar-refractivity contribution in [2.45, 2.75) is 6.04 Å². The van der Waals surface area contributed by atoms with Gasteiger partial charge in [-0.1, -0.05) is 0 Å². The first kappa shape index (κ1) is 13.5. The van der Waals surface area contributed by atoms with E-state index in [-0.39, 0.29) is 18.6 Å². The number of carbonyl (C=O) groups excluding carboxylic acids is 1. The van der Waals surface area contributed by atoms with Gasteiger partial charge in [0.05, 0.1) is 34.5 Å². The quantitative estimate of drug-likeness (QED) is 0.849. The van der Waals surface area contributed by atoms with Gasteiger partial charge in [-0.05, 0) is 37.9 Å². The maximum Gasteiger partial charge on any atom is 0.264 e. The second-order valence-corrected chi connectivity index (χ2v) is 6.87. The molecule has 1 amide bonds. The maximum absolute atomic E-state index is 12.3. The highest BCUT2D eigenvalue weighted by atomic mass is 79.9. The molecule has 1 unspecified atom stereocenters. The molecule has 0 radical (unpaired) electrons. The van der Waals surface area contributed by atoms with Crippen LogP contribution in [-0.4, -0.2) is 48.3 Å². The fraction of sp³-hybridized carbons (Fsp3) is 0.500. The SMILES string of the molecule is O=C(c1cc(Br)c(Br)s1)N1CCOCC1CO. The van der Waals surface area contributed by atoms with Gasteiger partial charge in [-0.25, -0.2) is 0 Å². The Morgan fingerprint density at radius 2 is 2.41 bits per heavy atom. The smallest absolute Gasteiger partial charge is 0.264 e. The lowest BCUT2D eigenvalue weighted by Gasteiger charge is -2.34. The molecule has 7 heteroatoms. The lowest BCUT2D eigenvalue weighted by Crippen LogP contribution is -2.50. The predicted molar refractivity (Wildman–Crippen MR) is 72.4 cm³/mol. The number of aliphatic hydroxyl groups excluding tert-OH is 1. The molecular weight excluding hydrogens is 374 g/mol. The fourth-order valence-corrected chi connectivity index (χ4v) is 3.66. The molecule has 17 heavy (non-hydrogen) atoms. The number of nitrogens with zero attached hydrogens (tertiary/aromatic N) is 1. The summed E-state index contributed by atoms with van der Waals surface area (Å²) in [5.74, 6) is -0.0521. The largest absolute Gasteiger partial charge is 0.394 e. The van der Waals surface area contributed by atoms with Crippen molar-refractivity contribution in [1.82, 2.24) is 4.90 Å². The van der Waals surface area contributed by atoms with E-state index in [1.54, 1.807) is 11.0 Å². The Kier molecular flexibility index (Phi) is 4.59. The van der Waals surface area contributed by atoms with Crippen molar-refractivity contribution in [3.8, 4) is 0 Å². The number of hydrogen-bond acceptors (Lipinski definition) is 4. The number of thiophene rings is 1. The lowest BCUT2D eigenvalue weighted by atomic mass is 10.2. The van der Waals surface area contributed by atoms with E-state index in [4.69, 9.17) is 4.74 Å². The van der Waals surface area contributed by atoms with Crippen LogP contribution >= 0.6 is 43.2 Å². The van der Waals surface area contributed by atoms with Crippen molar-refractivity contribution in [2.24, 2.45) is 0 Å². The van der Waals surface area contributed by atoms with Gasteiger partial charge in [0.25, 0.3) is 5.91 Å².